The third-order valence-corrected chi connectivity index (χ3v) is 8.45. The van der Waals surface area contributed by atoms with Gasteiger partial charge >= 0.3 is 0 Å². The number of aryl methyl sites for hydroxylation is 3. The number of thiophene rings is 2. The third-order valence-electron chi connectivity index (χ3n) is 4.82. The Morgan fingerprint density at radius 2 is 1.23 bits per heavy atom. The van der Waals surface area contributed by atoms with E-state index in [0.717, 1.165) is 0 Å². The van der Waals surface area contributed by atoms with Crippen LogP contribution in [0.5, 0.6) is 0 Å². The first-order valence-corrected chi connectivity index (χ1v) is 13.0. The molecule has 2 rings (SSSR count). The zero-order valence-corrected chi connectivity index (χ0v) is 19.6. The van der Waals surface area contributed by atoms with Gasteiger partial charge in [-0.05, 0) is 50.6 Å². The molecular weight excluding hydrogens is 372 g/mol. The minimum absolute atomic E-state index is 1.27. The quantitative estimate of drug-likeness (QED) is 0.235. The molecule has 0 saturated heterocycles. The van der Waals surface area contributed by atoms with Crippen molar-refractivity contribution >= 4 is 34.4 Å². The van der Waals surface area contributed by atoms with Gasteiger partial charge in [-0.1, -0.05) is 64.7 Å². The van der Waals surface area contributed by atoms with E-state index in [9.17, 15) is 0 Å². The molecular formula is C23H36S3. The Bertz CT molecular complexity index is 636. The maximum absolute atomic E-state index is 2.40. The highest BCUT2D eigenvalue weighted by Crippen LogP contribution is 2.43. The molecule has 2 heterocycles. The van der Waals surface area contributed by atoms with Crippen molar-refractivity contribution in [1.82, 2.24) is 0 Å². The molecule has 3 heteroatoms. The average Bonchev–Trinajstić information content (AvgIpc) is 3.13. The van der Waals surface area contributed by atoms with Gasteiger partial charge in [0.05, 0.1) is 4.88 Å². The summed E-state index contributed by atoms with van der Waals surface area (Å²) in [5.41, 5.74) is 1.44. The Morgan fingerprint density at radius 1 is 0.692 bits per heavy atom. The van der Waals surface area contributed by atoms with Crippen molar-refractivity contribution in [2.75, 3.05) is 5.75 Å². The van der Waals surface area contributed by atoms with Crippen LogP contribution in [0.3, 0.4) is 0 Å². The monoisotopic (exact) mass is 408 g/mol. The molecule has 0 aliphatic rings. The summed E-state index contributed by atoms with van der Waals surface area (Å²) in [6.45, 7) is 9.01. The average molecular weight is 409 g/mol. The summed E-state index contributed by atoms with van der Waals surface area (Å²) in [6.07, 6.45) is 14.2. The van der Waals surface area contributed by atoms with Crippen LogP contribution in [0.15, 0.2) is 17.0 Å². The second-order valence-corrected chi connectivity index (χ2v) is 11.1. The van der Waals surface area contributed by atoms with E-state index < -0.39 is 0 Å². The minimum Gasteiger partial charge on any atom is -0.139 e. The lowest BCUT2D eigenvalue weighted by Gasteiger charge is -2.04. The normalized spacial score (nSPS) is 11.4. The van der Waals surface area contributed by atoms with Gasteiger partial charge in [-0.3, -0.25) is 0 Å². The molecule has 0 saturated carbocycles. The highest BCUT2D eigenvalue weighted by atomic mass is 32.2. The van der Waals surface area contributed by atoms with E-state index in [4.69, 9.17) is 0 Å². The van der Waals surface area contributed by atoms with Gasteiger partial charge in [0.1, 0.15) is 0 Å². The van der Waals surface area contributed by atoms with Crippen LogP contribution in [0.4, 0.5) is 0 Å². The summed E-state index contributed by atoms with van der Waals surface area (Å²) in [6, 6.07) is 4.72. The molecule has 0 spiro atoms. The summed E-state index contributed by atoms with van der Waals surface area (Å²) < 4.78 is 0. The Labute approximate surface area is 173 Å². The zero-order chi connectivity index (χ0) is 18.8. The predicted molar refractivity (Wildman–Crippen MR) is 124 cm³/mol. The summed E-state index contributed by atoms with van der Waals surface area (Å²) >= 11 is 5.99. The molecule has 2 aromatic heterocycles. The van der Waals surface area contributed by atoms with Gasteiger partial charge < -0.3 is 0 Å². The lowest BCUT2D eigenvalue weighted by atomic mass is 10.1. The smallest absolute Gasteiger partial charge is 0.0583 e. The Hall–Kier alpha value is -0.250. The van der Waals surface area contributed by atoms with Crippen molar-refractivity contribution in [3.63, 3.8) is 0 Å². The standard InChI is InChI=1S/C23H36S3/c1-5-6-7-8-9-10-11-12-13-14-15-24-21-17-20(4)26-23(21)22-18(2)16-19(3)25-22/h16-17H,5-15H2,1-4H3. The zero-order valence-electron chi connectivity index (χ0n) is 17.2. The molecule has 0 fully saturated rings. The van der Waals surface area contributed by atoms with Crippen LogP contribution in [-0.2, 0) is 0 Å². The van der Waals surface area contributed by atoms with E-state index in [1.807, 2.05) is 22.7 Å². The van der Waals surface area contributed by atoms with E-state index in [-0.39, 0.29) is 0 Å². The first-order valence-electron chi connectivity index (χ1n) is 10.4. The van der Waals surface area contributed by atoms with Crippen LogP contribution in [0.2, 0.25) is 0 Å². The number of hydrogen-bond donors (Lipinski definition) is 0. The van der Waals surface area contributed by atoms with Gasteiger partial charge in [-0.2, -0.15) is 0 Å². The second-order valence-electron chi connectivity index (χ2n) is 7.45. The van der Waals surface area contributed by atoms with E-state index in [0.29, 0.717) is 0 Å². The fraction of sp³-hybridized carbons (Fsp3) is 0.652. The van der Waals surface area contributed by atoms with Crippen LogP contribution >= 0.6 is 34.4 Å². The number of rotatable bonds is 13. The van der Waals surface area contributed by atoms with E-state index in [2.05, 4.69) is 51.6 Å². The van der Waals surface area contributed by atoms with Crippen LogP contribution < -0.4 is 0 Å². The molecule has 0 radical (unpaired) electrons. The van der Waals surface area contributed by atoms with Crippen molar-refractivity contribution in [2.45, 2.75) is 96.8 Å². The largest absolute Gasteiger partial charge is 0.139 e. The fourth-order valence-corrected chi connectivity index (χ4v) is 7.04. The first kappa shape index (κ1) is 22.0. The molecule has 0 amide bonds. The molecule has 0 nitrogen and oxygen atoms in total. The lowest BCUT2D eigenvalue weighted by molar-refractivity contribution is 0.563. The van der Waals surface area contributed by atoms with Gasteiger partial charge in [0.15, 0.2) is 0 Å². The van der Waals surface area contributed by atoms with E-state index in [1.54, 1.807) is 0 Å². The Morgan fingerprint density at radius 3 is 1.81 bits per heavy atom. The topological polar surface area (TPSA) is 0 Å². The number of thioether (sulfide) groups is 1. The van der Waals surface area contributed by atoms with Crippen molar-refractivity contribution in [3.05, 3.63) is 27.5 Å². The maximum atomic E-state index is 2.40. The fourth-order valence-electron chi connectivity index (χ4n) is 3.39. The predicted octanol–water partition coefficient (Wildman–Crippen LogP) is 9.41. The second kappa shape index (κ2) is 12.3. The molecule has 2 aromatic rings. The molecule has 0 aromatic carbocycles. The number of hydrogen-bond acceptors (Lipinski definition) is 3. The van der Waals surface area contributed by atoms with Crippen LogP contribution in [-0.4, -0.2) is 5.75 Å². The van der Waals surface area contributed by atoms with E-state index in [1.165, 1.54) is 99.9 Å². The van der Waals surface area contributed by atoms with Crippen molar-refractivity contribution in [2.24, 2.45) is 0 Å². The number of unbranched alkanes of at least 4 members (excludes halogenated alkanes) is 9. The van der Waals surface area contributed by atoms with Crippen molar-refractivity contribution < 1.29 is 0 Å². The Kier molecular flexibility index (Phi) is 10.4. The van der Waals surface area contributed by atoms with E-state index >= 15 is 0 Å². The van der Waals surface area contributed by atoms with Gasteiger partial charge in [-0.15, -0.1) is 34.4 Å². The van der Waals surface area contributed by atoms with Crippen LogP contribution in [0.1, 0.15) is 86.4 Å². The van der Waals surface area contributed by atoms with Crippen molar-refractivity contribution in [1.29, 1.82) is 0 Å². The molecule has 146 valence electrons. The molecule has 0 aliphatic carbocycles. The van der Waals surface area contributed by atoms with Gasteiger partial charge in [-0.25, -0.2) is 0 Å². The lowest BCUT2D eigenvalue weighted by Crippen LogP contribution is -1.84. The summed E-state index contributed by atoms with van der Waals surface area (Å²) in [5.74, 6) is 1.27. The molecule has 0 unspecified atom stereocenters. The molecule has 0 bridgehead atoms. The van der Waals surface area contributed by atoms with Gasteiger partial charge in [0.25, 0.3) is 0 Å². The first-order chi connectivity index (χ1) is 12.6. The van der Waals surface area contributed by atoms with Crippen LogP contribution in [0.25, 0.3) is 9.75 Å². The highest BCUT2D eigenvalue weighted by molar-refractivity contribution is 7.99. The van der Waals surface area contributed by atoms with Gasteiger partial charge in [0.2, 0.25) is 0 Å². The minimum atomic E-state index is 1.27. The summed E-state index contributed by atoms with van der Waals surface area (Å²) in [5, 5.41) is 0. The SMILES string of the molecule is CCCCCCCCCCCCSc1cc(C)sc1-c1sc(C)cc1C. The maximum Gasteiger partial charge on any atom is 0.0583 e. The summed E-state index contributed by atoms with van der Waals surface area (Å²) in [7, 11) is 0. The summed E-state index contributed by atoms with van der Waals surface area (Å²) in [4.78, 5) is 7.37. The molecule has 0 aliphatic heterocycles. The van der Waals surface area contributed by atoms with Crippen molar-refractivity contribution in [3.8, 4) is 9.75 Å². The molecule has 0 atom stereocenters. The van der Waals surface area contributed by atoms with Crippen LogP contribution in [0, 0.1) is 20.8 Å². The Balaban J connectivity index is 1.65. The molecule has 0 N–H and O–H groups in total. The third kappa shape index (κ3) is 7.40. The molecule has 26 heavy (non-hydrogen) atoms. The highest BCUT2D eigenvalue weighted by Gasteiger charge is 2.14. The van der Waals surface area contributed by atoms with Gasteiger partial charge in [0, 0.05) is 19.5 Å².